The molecule has 96 valence electrons. The standard InChI is InChI=1S/C15H26N2/c1-5-6-13(4)15(17-16)10-14-8-11(2)7-12(3)9-14/h7-9,13,15,17H,5-6,10,16H2,1-4H3. The molecule has 0 saturated heterocycles. The van der Waals surface area contributed by atoms with E-state index < -0.39 is 0 Å². The number of hydrogen-bond acceptors (Lipinski definition) is 2. The third-order valence-corrected chi connectivity index (χ3v) is 3.38. The van der Waals surface area contributed by atoms with Crippen molar-refractivity contribution in [1.82, 2.24) is 5.43 Å². The van der Waals surface area contributed by atoms with Gasteiger partial charge in [0.25, 0.3) is 0 Å². The molecule has 0 radical (unpaired) electrons. The van der Waals surface area contributed by atoms with Crippen molar-refractivity contribution >= 4 is 0 Å². The highest BCUT2D eigenvalue weighted by Crippen LogP contribution is 2.17. The van der Waals surface area contributed by atoms with Crippen LogP contribution in [0.1, 0.15) is 43.4 Å². The summed E-state index contributed by atoms with van der Waals surface area (Å²) in [6.07, 6.45) is 3.45. The van der Waals surface area contributed by atoms with E-state index in [2.05, 4.69) is 51.3 Å². The molecule has 3 N–H and O–H groups in total. The third-order valence-electron chi connectivity index (χ3n) is 3.38. The van der Waals surface area contributed by atoms with E-state index >= 15 is 0 Å². The molecule has 2 atom stereocenters. The minimum atomic E-state index is 0.371. The highest BCUT2D eigenvalue weighted by atomic mass is 15.2. The second kappa shape index (κ2) is 6.77. The predicted molar refractivity (Wildman–Crippen MR) is 74.8 cm³/mol. The molecule has 0 bridgehead atoms. The molecule has 0 aliphatic carbocycles. The summed E-state index contributed by atoms with van der Waals surface area (Å²) in [4.78, 5) is 0. The van der Waals surface area contributed by atoms with E-state index in [1.165, 1.54) is 29.5 Å². The molecule has 0 aliphatic heterocycles. The maximum Gasteiger partial charge on any atom is 0.0276 e. The molecular formula is C15H26N2. The fourth-order valence-electron chi connectivity index (χ4n) is 2.52. The predicted octanol–water partition coefficient (Wildman–Crippen LogP) is 3.11. The molecule has 2 heteroatoms. The average molecular weight is 234 g/mol. The molecule has 0 saturated carbocycles. The van der Waals surface area contributed by atoms with Crippen molar-refractivity contribution in [1.29, 1.82) is 0 Å². The van der Waals surface area contributed by atoms with E-state index in [1.54, 1.807) is 0 Å². The quantitative estimate of drug-likeness (QED) is 0.586. The number of hydrogen-bond donors (Lipinski definition) is 2. The number of nitrogens with two attached hydrogens (primary N) is 1. The lowest BCUT2D eigenvalue weighted by molar-refractivity contribution is 0.357. The Hall–Kier alpha value is -0.860. The van der Waals surface area contributed by atoms with Gasteiger partial charge in [0.1, 0.15) is 0 Å². The van der Waals surface area contributed by atoms with Crippen LogP contribution >= 0.6 is 0 Å². The van der Waals surface area contributed by atoms with Crippen LogP contribution in [0.2, 0.25) is 0 Å². The Morgan fingerprint density at radius 3 is 2.24 bits per heavy atom. The molecule has 2 unspecified atom stereocenters. The lowest BCUT2D eigenvalue weighted by Gasteiger charge is -2.23. The zero-order chi connectivity index (χ0) is 12.8. The van der Waals surface area contributed by atoms with Crippen molar-refractivity contribution in [3.63, 3.8) is 0 Å². The zero-order valence-corrected chi connectivity index (χ0v) is 11.6. The van der Waals surface area contributed by atoms with Gasteiger partial charge < -0.3 is 0 Å². The van der Waals surface area contributed by atoms with Gasteiger partial charge >= 0.3 is 0 Å². The van der Waals surface area contributed by atoms with Gasteiger partial charge in [0.15, 0.2) is 0 Å². The minimum absolute atomic E-state index is 0.371. The van der Waals surface area contributed by atoms with Crippen molar-refractivity contribution in [3.05, 3.63) is 34.9 Å². The molecule has 0 heterocycles. The van der Waals surface area contributed by atoms with Crippen molar-refractivity contribution < 1.29 is 0 Å². The Bertz CT molecular complexity index is 327. The number of hydrazine groups is 1. The zero-order valence-electron chi connectivity index (χ0n) is 11.6. The van der Waals surface area contributed by atoms with E-state index in [0.717, 1.165) is 6.42 Å². The van der Waals surface area contributed by atoms with Crippen LogP contribution < -0.4 is 11.3 Å². The molecule has 0 aromatic heterocycles. The Morgan fingerprint density at radius 2 is 1.76 bits per heavy atom. The van der Waals surface area contributed by atoms with Gasteiger partial charge in [-0.05, 0) is 38.2 Å². The molecule has 0 fully saturated rings. The van der Waals surface area contributed by atoms with Crippen LogP contribution in [0.3, 0.4) is 0 Å². The number of aryl methyl sites for hydroxylation is 2. The normalized spacial score (nSPS) is 14.6. The maximum absolute atomic E-state index is 5.68. The summed E-state index contributed by atoms with van der Waals surface area (Å²) in [5.74, 6) is 6.29. The molecule has 0 spiro atoms. The smallest absolute Gasteiger partial charge is 0.0276 e. The van der Waals surface area contributed by atoms with Crippen molar-refractivity contribution in [3.8, 4) is 0 Å². The van der Waals surface area contributed by atoms with Gasteiger partial charge in [-0.15, -0.1) is 0 Å². The van der Waals surface area contributed by atoms with Crippen molar-refractivity contribution in [2.75, 3.05) is 0 Å². The summed E-state index contributed by atoms with van der Waals surface area (Å²) in [7, 11) is 0. The molecule has 1 aromatic carbocycles. The second-order valence-electron chi connectivity index (χ2n) is 5.24. The summed E-state index contributed by atoms with van der Waals surface area (Å²) in [5.41, 5.74) is 7.02. The van der Waals surface area contributed by atoms with E-state index in [0.29, 0.717) is 12.0 Å². The fourth-order valence-corrected chi connectivity index (χ4v) is 2.52. The highest BCUT2D eigenvalue weighted by Gasteiger charge is 2.15. The SMILES string of the molecule is CCCC(C)C(Cc1cc(C)cc(C)c1)NN. The highest BCUT2D eigenvalue weighted by molar-refractivity contribution is 5.29. The van der Waals surface area contributed by atoms with Gasteiger partial charge in [-0.25, -0.2) is 0 Å². The Labute approximate surface area is 106 Å². The van der Waals surface area contributed by atoms with Gasteiger partial charge in [0.05, 0.1) is 0 Å². The minimum Gasteiger partial charge on any atom is -0.271 e. The average Bonchev–Trinajstić information content (AvgIpc) is 2.24. The first-order valence-electron chi connectivity index (χ1n) is 6.60. The first-order valence-corrected chi connectivity index (χ1v) is 6.60. The maximum atomic E-state index is 5.68. The van der Waals surface area contributed by atoms with Crippen LogP contribution in [0.4, 0.5) is 0 Å². The van der Waals surface area contributed by atoms with Crippen LogP contribution in [0.5, 0.6) is 0 Å². The monoisotopic (exact) mass is 234 g/mol. The Kier molecular flexibility index (Phi) is 5.66. The van der Waals surface area contributed by atoms with Crippen LogP contribution in [0.15, 0.2) is 18.2 Å². The second-order valence-corrected chi connectivity index (χ2v) is 5.24. The first-order chi connectivity index (χ1) is 8.06. The third kappa shape index (κ3) is 4.49. The van der Waals surface area contributed by atoms with Crippen molar-refractivity contribution in [2.24, 2.45) is 11.8 Å². The number of rotatable bonds is 6. The van der Waals surface area contributed by atoms with Crippen molar-refractivity contribution in [2.45, 2.75) is 53.0 Å². The largest absolute Gasteiger partial charge is 0.271 e. The first kappa shape index (κ1) is 14.2. The molecule has 1 rings (SSSR count). The molecular weight excluding hydrogens is 208 g/mol. The van der Waals surface area contributed by atoms with E-state index in [4.69, 9.17) is 5.84 Å². The van der Waals surface area contributed by atoms with Gasteiger partial charge in [-0.3, -0.25) is 11.3 Å². The summed E-state index contributed by atoms with van der Waals surface area (Å²) in [6.45, 7) is 8.80. The van der Waals surface area contributed by atoms with Crippen LogP contribution in [0, 0.1) is 19.8 Å². The van der Waals surface area contributed by atoms with Crippen LogP contribution in [0.25, 0.3) is 0 Å². The number of benzene rings is 1. The summed E-state index contributed by atoms with van der Waals surface area (Å²) in [6, 6.07) is 7.10. The molecule has 0 amide bonds. The van der Waals surface area contributed by atoms with E-state index in [9.17, 15) is 0 Å². The Morgan fingerprint density at radius 1 is 1.18 bits per heavy atom. The molecule has 0 aliphatic rings. The Balaban J connectivity index is 2.73. The number of nitrogens with one attached hydrogen (secondary N) is 1. The summed E-state index contributed by atoms with van der Waals surface area (Å²) < 4.78 is 0. The van der Waals surface area contributed by atoms with Crippen LogP contribution in [-0.4, -0.2) is 6.04 Å². The topological polar surface area (TPSA) is 38.0 Å². The summed E-state index contributed by atoms with van der Waals surface area (Å²) >= 11 is 0. The van der Waals surface area contributed by atoms with Gasteiger partial charge in [0, 0.05) is 6.04 Å². The van der Waals surface area contributed by atoms with Gasteiger partial charge in [-0.1, -0.05) is 49.6 Å². The lowest BCUT2D eigenvalue weighted by atomic mass is 9.91. The molecule has 17 heavy (non-hydrogen) atoms. The molecule has 1 aromatic rings. The van der Waals surface area contributed by atoms with Gasteiger partial charge in [0.2, 0.25) is 0 Å². The van der Waals surface area contributed by atoms with E-state index in [-0.39, 0.29) is 0 Å². The van der Waals surface area contributed by atoms with E-state index in [1.807, 2.05) is 0 Å². The lowest BCUT2D eigenvalue weighted by Crippen LogP contribution is -2.41. The molecule has 2 nitrogen and oxygen atoms in total. The van der Waals surface area contributed by atoms with Crippen LogP contribution in [-0.2, 0) is 6.42 Å². The summed E-state index contributed by atoms with van der Waals surface area (Å²) in [5, 5.41) is 0. The fraction of sp³-hybridized carbons (Fsp3) is 0.600. The van der Waals surface area contributed by atoms with Gasteiger partial charge in [-0.2, -0.15) is 0 Å².